The summed E-state index contributed by atoms with van der Waals surface area (Å²) in [6.07, 6.45) is -0.145. The predicted molar refractivity (Wildman–Crippen MR) is 79.9 cm³/mol. The van der Waals surface area contributed by atoms with Gasteiger partial charge in [0.2, 0.25) is 11.5 Å². The number of ether oxygens (including phenoxy) is 3. The van der Waals surface area contributed by atoms with Crippen LogP contribution < -0.4 is 9.47 Å². The van der Waals surface area contributed by atoms with Crippen LogP contribution in [0.1, 0.15) is 40.4 Å². The molecular formula is C15H17N3O5. The monoisotopic (exact) mass is 319 g/mol. The maximum absolute atomic E-state index is 12.7. The summed E-state index contributed by atoms with van der Waals surface area (Å²) in [5, 5.41) is 9.52. The molecule has 0 saturated carbocycles. The van der Waals surface area contributed by atoms with Crippen LogP contribution in [0.4, 0.5) is 0 Å². The number of rotatable bonds is 6. The first-order valence-corrected chi connectivity index (χ1v) is 6.86. The van der Waals surface area contributed by atoms with Crippen LogP contribution >= 0.6 is 0 Å². The second-order valence-electron chi connectivity index (χ2n) is 4.88. The highest BCUT2D eigenvalue weighted by atomic mass is 16.5. The van der Waals surface area contributed by atoms with E-state index in [-0.39, 0.29) is 23.1 Å². The van der Waals surface area contributed by atoms with E-state index < -0.39 is 11.8 Å². The highest BCUT2D eigenvalue weighted by Crippen LogP contribution is 2.28. The van der Waals surface area contributed by atoms with Crippen LogP contribution in [-0.2, 0) is 4.74 Å². The summed E-state index contributed by atoms with van der Waals surface area (Å²) < 4.78 is 15.4. The number of aromatic amines is 1. The van der Waals surface area contributed by atoms with Gasteiger partial charge in [0.15, 0.2) is 0 Å². The average Bonchev–Trinajstić information content (AvgIpc) is 3.02. The second-order valence-corrected chi connectivity index (χ2v) is 4.88. The highest BCUT2D eigenvalue weighted by molar-refractivity contribution is 6.13. The number of aromatic nitrogens is 3. The van der Waals surface area contributed by atoms with E-state index in [1.165, 1.54) is 14.2 Å². The Morgan fingerprint density at radius 1 is 1.22 bits per heavy atom. The number of methoxy groups -OCH3 is 2. The van der Waals surface area contributed by atoms with Crippen molar-refractivity contribution in [3.63, 3.8) is 0 Å². The number of nitrogens with one attached hydrogen (secondary N) is 1. The van der Waals surface area contributed by atoms with Gasteiger partial charge in [0.05, 0.1) is 25.9 Å². The lowest BCUT2D eigenvalue weighted by molar-refractivity contribution is 0.0590. The molecule has 2 aromatic rings. The number of ketones is 1. The molecule has 1 heterocycles. The zero-order valence-electron chi connectivity index (χ0n) is 13.2. The lowest BCUT2D eigenvalue weighted by Gasteiger charge is -2.14. The normalized spacial score (nSPS) is 10.5. The molecule has 1 aromatic carbocycles. The Hall–Kier alpha value is -2.90. The van der Waals surface area contributed by atoms with E-state index in [4.69, 9.17) is 9.47 Å². The Labute approximate surface area is 132 Å². The Bertz CT molecular complexity index is 724. The topological polar surface area (TPSA) is 103 Å². The van der Waals surface area contributed by atoms with Crippen LogP contribution in [0, 0.1) is 0 Å². The quantitative estimate of drug-likeness (QED) is 0.637. The Balaban J connectivity index is 2.47. The van der Waals surface area contributed by atoms with E-state index in [9.17, 15) is 9.59 Å². The summed E-state index contributed by atoms with van der Waals surface area (Å²) in [6, 6.07) is 4.79. The molecule has 0 bridgehead atoms. The van der Waals surface area contributed by atoms with Crippen molar-refractivity contribution in [2.24, 2.45) is 0 Å². The van der Waals surface area contributed by atoms with E-state index in [1.54, 1.807) is 18.2 Å². The minimum absolute atomic E-state index is 0.0596. The van der Waals surface area contributed by atoms with E-state index in [0.29, 0.717) is 11.5 Å². The molecule has 8 nitrogen and oxygen atoms in total. The van der Waals surface area contributed by atoms with Gasteiger partial charge in [0.1, 0.15) is 17.2 Å². The van der Waals surface area contributed by atoms with Crippen molar-refractivity contribution < 1.29 is 23.8 Å². The van der Waals surface area contributed by atoms with Crippen molar-refractivity contribution in [1.82, 2.24) is 15.4 Å². The Kier molecular flexibility index (Phi) is 4.95. The highest BCUT2D eigenvalue weighted by Gasteiger charge is 2.26. The van der Waals surface area contributed by atoms with E-state index in [2.05, 4.69) is 20.1 Å². The number of H-pyrrole nitrogens is 1. The summed E-state index contributed by atoms with van der Waals surface area (Å²) in [5.74, 6) is -0.335. The zero-order valence-corrected chi connectivity index (χ0v) is 13.2. The molecule has 0 fully saturated rings. The molecule has 2 rings (SSSR count). The van der Waals surface area contributed by atoms with Crippen LogP contribution in [0.3, 0.4) is 0 Å². The number of esters is 1. The van der Waals surface area contributed by atoms with E-state index in [1.807, 2.05) is 13.8 Å². The third kappa shape index (κ3) is 3.47. The number of hydrogen-bond donors (Lipinski definition) is 1. The molecule has 8 heteroatoms. The smallest absolute Gasteiger partial charge is 0.361 e. The molecular weight excluding hydrogens is 302 g/mol. The van der Waals surface area contributed by atoms with Crippen molar-refractivity contribution in [2.45, 2.75) is 20.0 Å². The van der Waals surface area contributed by atoms with Crippen molar-refractivity contribution in [1.29, 1.82) is 0 Å². The summed E-state index contributed by atoms with van der Waals surface area (Å²) in [6.45, 7) is 3.68. The summed E-state index contributed by atoms with van der Waals surface area (Å²) >= 11 is 0. The fourth-order valence-corrected chi connectivity index (χ4v) is 1.93. The van der Waals surface area contributed by atoms with Gasteiger partial charge in [0.25, 0.3) is 0 Å². The van der Waals surface area contributed by atoms with Gasteiger partial charge in [0, 0.05) is 6.07 Å². The van der Waals surface area contributed by atoms with Crippen molar-refractivity contribution in [3.05, 3.63) is 35.2 Å². The molecule has 0 spiro atoms. The first-order valence-electron chi connectivity index (χ1n) is 6.86. The zero-order chi connectivity index (χ0) is 17.0. The molecule has 0 amide bonds. The lowest BCUT2D eigenvalue weighted by Crippen LogP contribution is -2.14. The van der Waals surface area contributed by atoms with Gasteiger partial charge in [-0.25, -0.2) is 4.79 Å². The molecule has 0 aliphatic rings. The standard InChI is InChI=1S/C15H17N3O5/c1-8(2)23-11-7-9(21-3)5-6-10(11)14(19)12-13(15(20)22-4)17-18-16-12/h5-8H,1-4H3,(H,16,17,18). The molecule has 0 atom stereocenters. The number of nitrogens with zero attached hydrogens (tertiary/aromatic N) is 2. The van der Waals surface area contributed by atoms with Gasteiger partial charge in [-0.2, -0.15) is 0 Å². The molecule has 1 aromatic heterocycles. The predicted octanol–water partition coefficient (Wildman–Crippen LogP) is 1.62. The summed E-state index contributed by atoms with van der Waals surface area (Å²) in [7, 11) is 2.72. The van der Waals surface area contributed by atoms with Crippen LogP contribution in [0.25, 0.3) is 0 Å². The maximum Gasteiger partial charge on any atom is 0.361 e. The first kappa shape index (κ1) is 16.5. The van der Waals surface area contributed by atoms with Crippen molar-refractivity contribution in [3.8, 4) is 11.5 Å². The SMILES string of the molecule is COC(=O)c1nn[nH]c1C(=O)c1ccc(OC)cc1OC(C)C. The van der Waals surface area contributed by atoms with Crippen LogP contribution in [-0.4, -0.2) is 47.5 Å². The minimum Gasteiger partial charge on any atom is -0.497 e. The second kappa shape index (κ2) is 6.91. The fraction of sp³-hybridized carbons (Fsp3) is 0.333. The molecule has 122 valence electrons. The number of hydrogen-bond acceptors (Lipinski definition) is 7. The van der Waals surface area contributed by atoms with Crippen LogP contribution in [0.2, 0.25) is 0 Å². The molecule has 0 radical (unpaired) electrons. The van der Waals surface area contributed by atoms with Crippen molar-refractivity contribution >= 4 is 11.8 Å². The molecule has 1 N–H and O–H groups in total. The van der Waals surface area contributed by atoms with Gasteiger partial charge in [-0.3, -0.25) is 9.89 Å². The first-order chi connectivity index (χ1) is 11.0. The number of carbonyl (C=O) groups excluding carboxylic acids is 2. The maximum atomic E-state index is 12.7. The number of carbonyl (C=O) groups is 2. The Morgan fingerprint density at radius 2 is 1.96 bits per heavy atom. The largest absolute Gasteiger partial charge is 0.497 e. The third-order valence-corrected chi connectivity index (χ3v) is 2.95. The number of benzene rings is 1. The molecule has 0 unspecified atom stereocenters. The molecule has 0 aliphatic carbocycles. The average molecular weight is 319 g/mol. The molecule has 0 aliphatic heterocycles. The van der Waals surface area contributed by atoms with Gasteiger partial charge < -0.3 is 14.2 Å². The van der Waals surface area contributed by atoms with E-state index in [0.717, 1.165) is 0 Å². The molecule has 0 saturated heterocycles. The van der Waals surface area contributed by atoms with Crippen LogP contribution in [0.15, 0.2) is 18.2 Å². The van der Waals surface area contributed by atoms with Gasteiger partial charge >= 0.3 is 5.97 Å². The summed E-state index contributed by atoms with van der Waals surface area (Å²) in [5.41, 5.74) is 0.0233. The Morgan fingerprint density at radius 3 is 2.57 bits per heavy atom. The fourth-order valence-electron chi connectivity index (χ4n) is 1.93. The van der Waals surface area contributed by atoms with E-state index >= 15 is 0 Å². The minimum atomic E-state index is -0.748. The van der Waals surface area contributed by atoms with Crippen molar-refractivity contribution in [2.75, 3.05) is 14.2 Å². The van der Waals surface area contributed by atoms with Gasteiger partial charge in [-0.15, -0.1) is 5.10 Å². The van der Waals surface area contributed by atoms with Crippen LogP contribution in [0.5, 0.6) is 11.5 Å². The van der Waals surface area contributed by atoms with Gasteiger partial charge in [-0.05, 0) is 26.0 Å². The third-order valence-electron chi connectivity index (χ3n) is 2.95. The molecule has 23 heavy (non-hydrogen) atoms. The lowest BCUT2D eigenvalue weighted by atomic mass is 10.1. The van der Waals surface area contributed by atoms with Gasteiger partial charge in [-0.1, -0.05) is 5.21 Å². The summed E-state index contributed by atoms with van der Waals surface area (Å²) in [4.78, 5) is 24.4.